The fourth-order valence-corrected chi connectivity index (χ4v) is 3.51. The Labute approximate surface area is 146 Å². The van der Waals surface area contributed by atoms with E-state index in [0.29, 0.717) is 32.6 Å². The molecule has 0 spiro atoms. The number of hydrogen-bond acceptors (Lipinski definition) is 4. The van der Waals surface area contributed by atoms with Crippen molar-refractivity contribution in [2.45, 2.75) is 0 Å². The monoisotopic (exact) mass is 372 g/mol. The van der Waals surface area contributed by atoms with E-state index in [0.717, 1.165) is 14.7 Å². The molecule has 8 nitrogen and oxygen atoms in total. The average Bonchev–Trinajstić information content (AvgIpc) is 2.60. The predicted molar refractivity (Wildman–Crippen MR) is 90.6 cm³/mol. The van der Waals surface area contributed by atoms with E-state index in [1.807, 2.05) is 0 Å². The van der Waals surface area contributed by atoms with Gasteiger partial charge in [-0.15, -0.1) is 0 Å². The zero-order chi connectivity index (χ0) is 18.6. The molecule has 0 saturated carbocycles. The van der Waals surface area contributed by atoms with Gasteiger partial charge in [-0.1, -0.05) is 12.1 Å². The minimum Gasteiger partial charge on any atom is -0.342 e. The molecular weight excluding hydrogens is 351 g/mol. The van der Waals surface area contributed by atoms with Crippen LogP contribution in [-0.2, 0) is 19.8 Å². The average molecular weight is 372 g/mol. The van der Waals surface area contributed by atoms with Crippen LogP contribution >= 0.6 is 0 Å². The third-order valence-electron chi connectivity index (χ3n) is 3.96. The van der Waals surface area contributed by atoms with Crippen molar-refractivity contribution in [3.05, 3.63) is 30.1 Å². The second-order valence-corrected chi connectivity index (χ2v) is 7.84. The summed E-state index contributed by atoms with van der Waals surface area (Å²) in [5, 5.41) is 0. The maximum Gasteiger partial charge on any atom is 0.304 e. The molecule has 0 radical (unpaired) electrons. The lowest BCUT2D eigenvalue weighted by atomic mass is 10.3. The van der Waals surface area contributed by atoms with Crippen LogP contribution in [0.5, 0.6) is 0 Å². The predicted octanol–water partition coefficient (Wildman–Crippen LogP) is -0.261. The van der Waals surface area contributed by atoms with Crippen molar-refractivity contribution in [1.29, 1.82) is 0 Å². The Balaban J connectivity index is 2.24. The molecule has 1 aromatic rings. The summed E-state index contributed by atoms with van der Waals surface area (Å²) in [6.07, 6.45) is 0.712. The second kappa shape index (κ2) is 7.79. The minimum absolute atomic E-state index is 0.184. The lowest BCUT2D eigenvalue weighted by Gasteiger charge is -2.34. The summed E-state index contributed by atoms with van der Waals surface area (Å²) < 4.78 is 40.9. The van der Waals surface area contributed by atoms with Crippen LogP contribution in [0.1, 0.15) is 0 Å². The van der Waals surface area contributed by atoms with Crippen LogP contribution in [0.2, 0.25) is 0 Å². The Kier molecular flexibility index (Phi) is 5.96. The number of benzene rings is 1. The molecule has 0 atom stereocenters. The van der Waals surface area contributed by atoms with E-state index < -0.39 is 28.5 Å². The van der Waals surface area contributed by atoms with Crippen molar-refractivity contribution in [1.82, 2.24) is 14.1 Å². The van der Waals surface area contributed by atoms with Gasteiger partial charge in [0.05, 0.1) is 5.69 Å². The molecule has 1 aliphatic heterocycles. The second-order valence-electron chi connectivity index (χ2n) is 5.77. The molecule has 1 heterocycles. The van der Waals surface area contributed by atoms with Gasteiger partial charge in [0.25, 0.3) is 0 Å². The number of piperazine rings is 1. The maximum atomic E-state index is 14.1. The summed E-state index contributed by atoms with van der Waals surface area (Å²) in [5.41, 5.74) is -0.184. The number of carbonyl (C=O) groups excluding carboxylic acids is 2. The Bertz CT molecular complexity index is 733. The molecule has 0 aromatic heterocycles. The van der Waals surface area contributed by atoms with E-state index in [4.69, 9.17) is 0 Å². The Hall–Kier alpha value is -2.20. The Morgan fingerprint density at radius 2 is 1.80 bits per heavy atom. The number of halogens is 1. The largest absolute Gasteiger partial charge is 0.342 e. The first-order valence-electron chi connectivity index (χ1n) is 7.69. The van der Waals surface area contributed by atoms with Gasteiger partial charge >= 0.3 is 10.2 Å². The van der Waals surface area contributed by atoms with Crippen molar-refractivity contribution >= 4 is 28.2 Å². The third kappa shape index (κ3) is 4.26. The first kappa shape index (κ1) is 19.1. The van der Waals surface area contributed by atoms with E-state index >= 15 is 0 Å². The molecule has 1 aliphatic rings. The highest BCUT2D eigenvalue weighted by Gasteiger charge is 2.31. The van der Waals surface area contributed by atoms with Gasteiger partial charge in [0.15, 0.2) is 0 Å². The van der Waals surface area contributed by atoms with E-state index in [9.17, 15) is 22.4 Å². The van der Waals surface area contributed by atoms with Gasteiger partial charge in [-0.2, -0.15) is 12.7 Å². The maximum absolute atomic E-state index is 14.1. The van der Waals surface area contributed by atoms with Crippen LogP contribution in [0.15, 0.2) is 24.3 Å². The molecule has 10 heteroatoms. The van der Waals surface area contributed by atoms with Crippen molar-refractivity contribution in [2.75, 3.05) is 51.1 Å². The van der Waals surface area contributed by atoms with Gasteiger partial charge in [-0.3, -0.25) is 9.59 Å². The number of hydrogen-bond donors (Lipinski definition) is 0. The SMILES string of the molecule is CN(C)S(=O)(=O)N(CC(=O)N1CCN(C=O)CC1)c1ccccc1F. The van der Waals surface area contributed by atoms with Crippen LogP contribution < -0.4 is 4.31 Å². The van der Waals surface area contributed by atoms with E-state index in [2.05, 4.69) is 0 Å². The quantitative estimate of drug-likeness (QED) is 0.645. The standard InChI is InChI=1S/C15H21FN4O4S/c1-17(2)25(23,24)20(14-6-4-3-5-13(14)16)11-15(22)19-9-7-18(12-21)8-10-19/h3-6,12H,7-11H2,1-2H3. The van der Waals surface area contributed by atoms with Crippen LogP contribution in [-0.4, -0.2) is 81.7 Å². The number of carbonyl (C=O) groups is 2. The molecule has 0 bridgehead atoms. The molecule has 0 aliphatic carbocycles. The van der Waals surface area contributed by atoms with Crippen molar-refractivity contribution in [2.24, 2.45) is 0 Å². The van der Waals surface area contributed by atoms with Crippen LogP contribution in [0.25, 0.3) is 0 Å². The molecule has 2 amide bonds. The van der Waals surface area contributed by atoms with Crippen LogP contribution in [0.3, 0.4) is 0 Å². The number of rotatable bonds is 6. The smallest absolute Gasteiger partial charge is 0.304 e. The van der Waals surface area contributed by atoms with Crippen LogP contribution in [0, 0.1) is 5.82 Å². The highest BCUT2D eigenvalue weighted by Crippen LogP contribution is 2.23. The lowest BCUT2D eigenvalue weighted by molar-refractivity contribution is -0.133. The van der Waals surface area contributed by atoms with Gasteiger partial charge in [-0.25, -0.2) is 8.70 Å². The summed E-state index contributed by atoms with van der Waals surface area (Å²) in [6.45, 7) is 0.878. The highest BCUT2D eigenvalue weighted by molar-refractivity contribution is 7.90. The van der Waals surface area contributed by atoms with Crippen molar-refractivity contribution in [3.8, 4) is 0 Å². The lowest BCUT2D eigenvalue weighted by Crippen LogP contribution is -2.52. The van der Waals surface area contributed by atoms with Gasteiger partial charge in [0, 0.05) is 40.3 Å². The molecule has 1 aromatic carbocycles. The molecular formula is C15H21FN4O4S. The molecule has 25 heavy (non-hydrogen) atoms. The first-order chi connectivity index (χ1) is 11.8. The van der Waals surface area contributed by atoms with Gasteiger partial charge in [-0.05, 0) is 12.1 Å². The number of para-hydroxylation sites is 1. The zero-order valence-electron chi connectivity index (χ0n) is 14.1. The zero-order valence-corrected chi connectivity index (χ0v) is 14.9. The summed E-state index contributed by atoms with van der Waals surface area (Å²) in [6, 6.07) is 5.40. The van der Waals surface area contributed by atoms with E-state index in [-0.39, 0.29) is 5.69 Å². The van der Waals surface area contributed by atoms with Crippen LogP contribution in [0.4, 0.5) is 10.1 Å². The highest BCUT2D eigenvalue weighted by atomic mass is 32.2. The summed E-state index contributed by atoms with van der Waals surface area (Å²) in [4.78, 5) is 26.3. The normalized spacial score (nSPS) is 15.4. The fourth-order valence-electron chi connectivity index (χ4n) is 2.44. The number of anilines is 1. The van der Waals surface area contributed by atoms with Gasteiger partial charge in [0.2, 0.25) is 12.3 Å². The molecule has 1 fully saturated rings. The summed E-state index contributed by atoms with van der Waals surface area (Å²) in [5.74, 6) is -1.18. The number of amides is 2. The first-order valence-corrected chi connectivity index (χ1v) is 9.09. The minimum atomic E-state index is -4.05. The summed E-state index contributed by atoms with van der Waals surface area (Å²) in [7, 11) is -1.42. The van der Waals surface area contributed by atoms with E-state index in [1.165, 1.54) is 42.1 Å². The molecule has 0 N–H and O–H groups in total. The fraction of sp³-hybridized carbons (Fsp3) is 0.467. The Morgan fingerprint density at radius 1 is 1.20 bits per heavy atom. The third-order valence-corrected chi connectivity index (χ3v) is 5.76. The molecule has 1 saturated heterocycles. The van der Waals surface area contributed by atoms with Gasteiger partial charge < -0.3 is 9.80 Å². The molecule has 138 valence electrons. The molecule has 2 rings (SSSR count). The topological polar surface area (TPSA) is 81.2 Å². The number of nitrogens with zero attached hydrogens (tertiary/aromatic N) is 4. The van der Waals surface area contributed by atoms with E-state index in [1.54, 1.807) is 0 Å². The van der Waals surface area contributed by atoms with Gasteiger partial charge in [0.1, 0.15) is 12.4 Å². The Morgan fingerprint density at radius 3 is 2.32 bits per heavy atom. The van der Waals surface area contributed by atoms with Crippen molar-refractivity contribution in [3.63, 3.8) is 0 Å². The summed E-state index contributed by atoms with van der Waals surface area (Å²) >= 11 is 0. The van der Waals surface area contributed by atoms with Crippen molar-refractivity contribution < 1.29 is 22.4 Å². The molecule has 0 unspecified atom stereocenters.